The molecule has 0 bridgehead atoms. The number of rotatable bonds is 1. The van der Waals surface area contributed by atoms with Crippen LogP contribution in [0.3, 0.4) is 0 Å². The van der Waals surface area contributed by atoms with Crippen LogP contribution >= 0.6 is 0 Å². The molecule has 4 atom stereocenters. The predicted molar refractivity (Wildman–Crippen MR) is 33.2 cm³/mol. The van der Waals surface area contributed by atoms with E-state index in [2.05, 4.69) is 0 Å². The van der Waals surface area contributed by atoms with Crippen molar-refractivity contribution in [2.45, 2.75) is 24.2 Å². The van der Waals surface area contributed by atoms with Crippen LogP contribution in [0, 0.1) is 0 Å². The summed E-state index contributed by atoms with van der Waals surface area (Å²) in [6, 6.07) is 0. The number of nitrogens with one attached hydrogen (secondary N) is 1. The largest absolute Gasteiger partial charge is 0.392 e. The Balaban J connectivity index is 2.73. The van der Waals surface area contributed by atoms with Gasteiger partial charge in [-0.15, -0.1) is 0 Å². The third-order valence-corrected chi connectivity index (χ3v) is 1.78. The monoisotopic (exact) mass is 165 g/mol. The van der Waals surface area contributed by atoms with E-state index >= 15 is 0 Å². The molecule has 6 N–H and O–H groups in total. The van der Waals surface area contributed by atoms with Crippen LogP contribution in [-0.4, -0.2) is 56.3 Å². The van der Waals surface area contributed by atoms with Crippen LogP contribution in [0.5, 0.6) is 0 Å². The topological polar surface area (TPSA) is 113 Å². The fraction of sp³-hybridized carbons (Fsp3) is 1.00. The van der Waals surface area contributed by atoms with Crippen LogP contribution in [0.4, 0.5) is 0 Å². The molecule has 0 aromatic rings. The molecule has 0 spiro atoms. The number of hydrogen-bond acceptors (Lipinski definition) is 6. The van der Waals surface area contributed by atoms with Gasteiger partial charge in [-0.2, -0.15) is 0 Å². The second-order valence-electron chi connectivity index (χ2n) is 2.61. The normalized spacial score (nSPS) is 51.5. The van der Waals surface area contributed by atoms with Gasteiger partial charge in [0.05, 0.1) is 6.61 Å². The molecule has 11 heavy (non-hydrogen) atoms. The van der Waals surface area contributed by atoms with Gasteiger partial charge >= 0.3 is 0 Å². The van der Waals surface area contributed by atoms with E-state index < -0.39 is 30.8 Å². The minimum atomic E-state index is -2.00. The van der Waals surface area contributed by atoms with Gasteiger partial charge in [-0.3, -0.25) is 5.32 Å². The van der Waals surface area contributed by atoms with Gasteiger partial charge in [-0.05, 0) is 0 Å². The molecule has 1 saturated heterocycles. The van der Waals surface area contributed by atoms with Gasteiger partial charge in [0.15, 0.2) is 5.72 Å². The van der Waals surface area contributed by atoms with Crippen molar-refractivity contribution in [1.29, 1.82) is 0 Å². The molecule has 0 amide bonds. The van der Waals surface area contributed by atoms with Gasteiger partial charge in [-0.25, -0.2) is 0 Å². The molecule has 1 aliphatic rings. The highest BCUT2D eigenvalue weighted by Crippen LogP contribution is 2.20. The Bertz CT molecular complexity index is 154. The van der Waals surface area contributed by atoms with Crippen LogP contribution in [0.15, 0.2) is 0 Å². The Labute approximate surface area is 62.7 Å². The first-order valence-corrected chi connectivity index (χ1v) is 3.16. The summed E-state index contributed by atoms with van der Waals surface area (Å²) in [6.07, 6.45) is -4.48. The van der Waals surface area contributed by atoms with E-state index in [4.69, 9.17) is 20.4 Å². The maximum Gasteiger partial charge on any atom is 0.170 e. The molecular formula is C5H11NO5. The lowest BCUT2D eigenvalue weighted by Gasteiger charge is -2.23. The summed E-state index contributed by atoms with van der Waals surface area (Å²) in [5.41, 5.74) is -2.00. The molecule has 0 saturated carbocycles. The Hall–Kier alpha value is -0.240. The van der Waals surface area contributed by atoms with Gasteiger partial charge < -0.3 is 25.5 Å². The molecule has 1 rings (SSSR count). The van der Waals surface area contributed by atoms with E-state index in [1.165, 1.54) is 0 Å². The van der Waals surface area contributed by atoms with Gasteiger partial charge in [-0.1, -0.05) is 0 Å². The van der Waals surface area contributed by atoms with Gasteiger partial charge in [0.2, 0.25) is 0 Å². The zero-order valence-electron chi connectivity index (χ0n) is 5.68. The second kappa shape index (κ2) is 2.67. The van der Waals surface area contributed by atoms with E-state index in [9.17, 15) is 5.11 Å². The second-order valence-corrected chi connectivity index (χ2v) is 2.61. The van der Waals surface area contributed by atoms with Gasteiger partial charge in [0.1, 0.15) is 18.4 Å². The van der Waals surface area contributed by atoms with Crippen molar-refractivity contribution in [2.24, 2.45) is 0 Å². The van der Waals surface area contributed by atoms with Crippen LogP contribution in [0.1, 0.15) is 0 Å². The highest BCUT2D eigenvalue weighted by molar-refractivity contribution is 4.98. The zero-order chi connectivity index (χ0) is 8.65. The van der Waals surface area contributed by atoms with E-state index in [1.807, 2.05) is 5.32 Å². The molecule has 6 heteroatoms. The van der Waals surface area contributed by atoms with Crippen LogP contribution in [0.25, 0.3) is 0 Å². The van der Waals surface area contributed by atoms with E-state index in [-0.39, 0.29) is 0 Å². The Morgan fingerprint density at radius 1 is 1.27 bits per heavy atom. The molecule has 1 fully saturated rings. The molecule has 1 heterocycles. The van der Waals surface area contributed by atoms with Gasteiger partial charge in [0.25, 0.3) is 0 Å². The number of aliphatic hydroxyl groups excluding tert-OH is 4. The third-order valence-electron chi connectivity index (χ3n) is 1.78. The fourth-order valence-electron chi connectivity index (χ4n) is 1.02. The summed E-state index contributed by atoms with van der Waals surface area (Å²) in [5.74, 6) is 0. The minimum absolute atomic E-state index is 0.776. The summed E-state index contributed by atoms with van der Waals surface area (Å²) in [7, 11) is 0. The molecular weight excluding hydrogens is 154 g/mol. The standard InChI is InChI=1S/C5H11NO5/c7-1-5(11)3(9)2(8)4(10)6-5/h2-4,6-11H,1H2/t2-,3-,4?,5+/m1/s1. The Morgan fingerprint density at radius 3 is 2.00 bits per heavy atom. The quantitative estimate of drug-likeness (QED) is 0.238. The molecule has 6 nitrogen and oxygen atoms in total. The summed E-state index contributed by atoms with van der Waals surface area (Å²) in [4.78, 5) is 0. The highest BCUT2D eigenvalue weighted by atomic mass is 16.4. The van der Waals surface area contributed by atoms with E-state index in [0.29, 0.717) is 0 Å². The van der Waals surface area contributed by atoms with Crippen molar-refractivity contribution in [3.05, 3.63) is 0 Å². The molecule has 1 aliphatic heterocycles. The SMILES string of the molecule is OC[C@@]1(O)NC(O)[C@H](O)[C@H]1O. The fourth-order valence-corrected chi connectivity index (χ4v) is 1.02. The summed E-state index contributed by atoms with van der Waals surface area (Å²) < 4.78 is 0. The van der Waals surface area contributed by atoms with Gasteiger partial charge in [0, 0.05) is 0 Å². The van der Waals surface area contributed by atoms with Crippen molar-refractivity contribution >= 4 is 0 Å². The number of hydrogen-bond donors (Lipinski definition) is 6. The molecule has 0 aromatic heterocycles. The maximum absolute atomic E-state index is 9.18. The lowest BCUT2D eigenvalue weighted by atomic mass is 10.1. The number of aliphatic hydroxyl groups is 5. The Morgan fingerprint density at radius 2 is 1.82 bits per heavy atom. The van der Waals surface area contributed by atoms with Crippen LogP contribution in [0.2, 0.25) is 0 Å². The smallest absolute Gasteiger partial charge is 0.170 e. The first kappa shape index (κ1) is 8.85. The highest BCUT2D eigenvalue weighted by Gasteiger charge is 2.50. The molecule has 0 radical (unpaired) electrons. The first-order chi connectivity index (χ1) is 5.01. The lowest BCUT2D eigenvalue weighted by molar-refractivity contribution is -0.121. The van der Waals surface area contributed by atoms with E-state index in [1.54, 1.807) is 0 Å². The third kappa shape index (κ3) is 1.24. The summed E-state index contributed by atoms with van der Waals surface area (Å²) in [6.45, 7) is -0.776. The minimum Gasteiger partial charge on any atom is -0.392 e. The zero-order valence-corrected chi connectivity index (χ0v) is 5.68. The predicted octanol–water partition coefficient (Wildman–Crippen LogP) is -3.69. The lowest BCUT2D eigenvalue weighted by Crippen LogP contribution is -2.52. The van der Waals surface area contributed by atoms with Crippen molar-refractivity contribution in [1.82, 2.24) is 5.32 Å². The van der Waals surface area contributed by atoms with Crippen LogP contribution < -0.4 is 5.32 Å². The van der Waals surface area contributed by atoms with Crippen molar-refractivity contribution in [3.8, 4) is 0 Å². The molecule has 1 unspecified atom stereocenters. The molecule has 66 valence electrons. The van der Waals surface area contributed by atoms with Crippen molar-refractivity contribution in [3.63, 3.8) is 0 Å². The van der Waals surface area contributed by atoms with Crippen LogP contribution in [-0.2, 0) is 0 Å². The average molecular weight is 165 g/mol. The molecule has 0 aromatic carbocycles. The van der Waals surface area contributed by atoms with E-state index in [0.717, 1.165) is 0 Å². The molecule has 0 aliphatic carbocycles. The summed E-state index contributed by atoms with van der Waals surface area (Å²) >= 11 is 0. The first-order valence-electron chi connectivity index (χ1n) is 3.16. The van der Waals surface area contributed by atoms with Crippen molar-refractivity contribution in [2.75, 3.05) is 6.61 Å². The average Bonchev–Trinajstić information content (AvgIpc) is 2.17. The Kier molecular flexibility index (Phi) is 2.15. The maximum atomic E-state index is 9.18. The van der Waals surface area contributed by atoms with Crippen molar-refractivity contribution < 1.29 is 25.5 Å². The summed E-state index contributed by atoms with van der Waals surface area (Å²) in [5, 5.41) is 46.5.